The summed E-state index contributed by atoms with van der Waals surface area (Å²) >= 11 is 0. The number of anilines is 1. The highest BCUT2D eigenvalue weighted by atomic mass is 19.1. The fraction of sp³-hybridized carbons (Fsp3) is 0.278. The van der Waals surface area contributed by atoms with E-state index in [9.17, 15) is 14.0 Å². The Morgan fingerprint density at radius 3 is 3.04 bits per heavy atom. The number of halogens is 1. The number of ether oxygens (including phenoxy) is 2. The first-order chi connectivity index (χ1) is 12.6. The molecule has 1 aromatic carbocycles. The third-order valence-corrected chi connectivity index (χ3v) is 4.32. The van der Waals surface area contributed by atoms with E-state index in [0.717, 1.165) is 0 Å². The molecule has 26 heavy (non-hydrogen) atoms. The summed E-state index contributed by atoms with van der Waals surface area (Å²) in [6.07, 6.45) is 0.883. The number of rotatable bonds is 2. The van der Waals surface area contributed by atoms with Gasteiger partial charge in [0.25, 0.3) is 11.8 Å². The number of carbonyl (C=O) groups is 2. The third kappa shape index (κ3) is 3.11. The Bertz CT molecular complexity index is 873. The number of nitrogens with one attached hydrogen (secondary N) is 1. The predicted octanol–water partition coefficient (Wildman–Crippen LogP) is 1.77. The molecule has 1 atom stereocenters. The minimum absolute atomic E-state index is 0.0962. The predicted molar refractivity (Wildman–Crippen MR) is 89.4 cm³/mol. The van der Waals surface area contributed by atoms with Crippen LogP contribution < -0.4 is 10.1 Å². The zero-order valence-corrected chi connectivity index (χ0v) is 13.8. The molecule has 2 aliphatic rings. The molecule has 1 fully saturated rings. The number of morpholine rings is 1. The molecule has 8 heteroatoms. The zero-order chi connectivity index (χ0) is 18.1. The first-order valence-corrected chi connectivity index (χ1v) is 8.20. The molecule has 1 unspecified atom stereocenters. The minimum Gasteiger partial charge on any atom is -0.466 e. The van der Waals surface area contributed by atoms with Crippen LogP contribution in [0.2, 0.25) is 0 Å². The second-order valence-electron chi connectivity index (χ2n) is 6.05. The summed E-state index contributed by atoms with van der Waals surface area (Å²) < 4.78 is 24.8. The van der Waals surface area contributed by atoms with Crippen LogP contribution in [0, 0.1) is 5.82 Å². The normalized spacial score (nSPS) is 19.3. The van der Waals surface area contributed by atoms with E-state index in [-0.39, 0.29) is 36.7 Å². The van der Waals surface area contributed by atoms with Gasteiger partial charge in [-0.2, -0.15) is 0 Å². The number of amides is 2. The van der Waals surface area contributed by atoms with Gasteiger partial charge in [-0.1, -0.05) is 18.2 Å². The van der Waals surface area contributed by atoms with Crippen LogP contribution in [0.15, 0.2) is 36.5 Å². The summed E-state index contributed by atoms with van der Waals surface area (Å²) in [7, 11) is 0. The van der Waals surface area contributed by atoms with E-state index in [1.54, 1.807) is 23.1 Å². The summed E-state index contributed by atoms with van der Waals surface area (Å²) in [6.45, 7) is 0.841. The van der Waals surface area contributed by atoms with Crippen LogP contribution in [-0.4, -0.2) is 48.0 Å². The number of pyridine rings is 1. The molecular formula is C18H16FN3O4. The molecule has 0 radical (unpaired) electrons. The molecule has 3 heterocycles. The van der Waals surface area contributed by atoms with Gasteiger partial charge in [0.15, 0.2) is 6.61 Å². The van der Waals surface area contributed by atoms with Gasteiger partial charge in [0, 0.05) is 18.3 Å². The molecule has 7 nitrogen and oxygen atoms in total. The molecule has 2 aliphatic heterocycles. The Morgan fingerprint density at radius 2 is 2.19 bits per heavy atom. The van der Waals surface area contributed by atoms with E-state index in [1.165, 1.54) is 18.3 Å². The summed E-state index contributed by atoms with van der Waals surface area (Å²) in [5.41, 5.74) is 1.11. The molecule has 4 rings (SSSR count). The van der Waals surface area contributed by atoms with Crippen LogP contribution in [0.3, 0.4) is 0 Å². The fourth-order valence-corrected chi connectivity index (χ4v) is 3.03. The standard InChI is InChI=1S/C18H16FN3O4/c19-13-4-2-1-3-12(13)15-9-22(5-6-25-15)18(24)11-7-14-17(20-8-11)26-10-16(23)21-14/h1-4,7-8,15H,5-6,9-10H2,(H,21,23). The quantitative estimate of drug-likeness (QED) is 0.886. The Balaban J connectivity index is 1.54. The van der Waals surface area contributed by atoms with Gasteiger partial charge in [-0.25, -0.2) is 9.37 Å². The van der Waals surface area contributed by atoms with E-state index < -0.39 is 6.10 Å². The van der Waals surface area contributed by atoms with Crippen molar-refractivity contribution < 1.29 is 23.5 Å². The fourth-order valence-electron chi connectivity index (χ4n) is 3.03. The number of hydrogen-bond acceptors (Lipinski definition) is 5. The van der Waals surface area contributed by atoms with Crippen LogP contribution >= 0.6 is 0 Å². The van der Waals surface area contributed by atoms with Crippen LogP contribution in [0.4, 0.5) is 10.1 Å². The van der Waals surface area contributed by atoms with Crippen molar-refractivity contribution in [3.8, 4) is 5.88 Å². The highest BCUT2D eigenvalue weighted by molar-refractivity contribution is 5.99. The molecule has 1 aromatic heterocycles. The zero-order valence-electron chi connectivity index (χ0n) is 13.8. The minimum atomic E-state index is -0.525. The second kappa shape index (κ2) is 6.72. The molecule has 134 valence electrons. The Labute approximate surface area is 148 Å². The molecule has 0 saturated carbocycles. The Kier molecular flexibility index (Phi) is 4.26. The second-order valence-corrected chi connectivity index (χ2v) is 6.05. The van der Waals surface area contributed by atoms with E-state index in [1.807, 2.05) is 0 Å². The smallest absolute Gasteiger partial charge is 0.262 e. The molecule has 0 spiro atoms. The number of carbonyl (C=O) groups excluding carboxylic acids is 2. The third-order valence-electron chi connectivity index (χ3n) is 4.32. The summed E-state index contributed by atoms with van der Waals surface area (Å²) in [6, 6.07) is 7.91. The van der Waals surface area contributed by atoms with Crippen molar-refractivity contribution in [3.05, 3.63) is 53.5 Å². The van der Waals surface area contributed by atoms with Crippen molar-refractivity contribution in [3.63, 3.8) is 0 Å². The largest absolute Gasteiger partial charge is 0.466 e. The van der Waals surface area contributed by atoms with E-state index in [2.05, 4.69) is 10.3 Å². The number of nitrogens with zero attached hydrogens (tertiary/aromatic N) is 2. The Hall–Kier alpha value is -3.00. The number of fused-ring (bicyclic) bond motifs is 1. The van der Waals surface area contributed by atoms with Crippen molar-refractivity contribution in [2.75, 3.05) is 31.6 Å². The maximum atomic E-state index is 14.0. The monoisotopic (exact) mass is 357 g/mol. The number of hydrogen-bond donors (Lipinski definition) is 1. The number of aromatic nitrogens is 1. The molecule has 0 aliphatic carbocycles. The average Bonchev–Trinajstić information content (AvgIpc) is 2.67. The van der Waals surface area contributed by atoms with Gasteiger partial charge in [-0.3, -0.25) is 9.59 Å². The topological polar surface area (TPSA) is 80.8 Å². The highest BCUT2D eigenvalue weighted by Gasteiger charge is 2.29. The van der Waals surface area contributed by atoms with Gasteiger partial charge in [0.05, 0.1) is 18.7 Å². The van der Waals surface area contributed by atoms with Gasteiger partial charge in [0.1, 0.15) is 17.6 Å². The first kappa shape index (κ1) is 16.5. The van der Waals surface area contributed by atoms with E-state index >= 15 is 0 Å². The lowest BCUT2D eigenvalue weighted by molar-refractivity contribution is -0.118. The number of benzene rings is 1. The highest BCUT2D eigenvalue weighted by Crippen LogP contribution is 2.28. The maximum absolute atomic E-state index is 14.0. The SMILES string of the molecule is O=C1COc2ncc(C(=O)N3CCOC(c4ccccc4F)C3)cc2N1. The van der Waals surface area contributed by atoms with E-state index in [0.29, 0.717) is 30.0 Å². The van der Waals surface area contributed by atoms with Crippen LogP contribution in [0.25, 0.3) is 0 Å². The molecule has 0 bridgehead atoms. The van der Waals surface area contributed by atoms with Crippen LogP contribution in [0.1, 0.15) is 22.0 Å². The lowest BCUT2D eigenvalue weighted by atomic mass is 10.1. The van der Waals surface area contributed by atoms with Gasteiger partial charge in [0.2, 0.25) is 5.88 Å². The lowest BCUT2D eigenvalue weighted by Gasteiger charge is -2.33. The molecule has 2 amide bonds. The van der Waals surface area contributed by atoms with Gasteiger partial charge < -0.3 is 19.7 Å². The maximum Gasteiger partial charge on any atom is 0.262 e. The molecule has 2 aromatic rings. The van der Waals surface area contributed by atoms with Crippen molar-refractivity contribution in [1.82, 2.24) is 9.88 Å². The summed E-state index contributed by atoms with van der Waals surface area (Å²) in [4.78, 5) is 29.9. The van der Waals surface area contributed by atoms with Crippen molar-refractivity contribution in [1.29, 1.82) is 0 Å². The average molecular weight is 357 g/mol. The van der Waals surface area contributed by atoms with Gasteiger partial charge in [-0.05, 0) is 12.1 Å². The molecular weight excluding hydrogens is 341 g/mol. The lowest BCUT2D eigenvalue weighted by Crippen LogP contribution is -2.42. The van der Waals surface area contributed by atoms with Gasteiger partial charge in [-0.15, -0.1) is 0 Å². The van der Waals surface area contributed by atoms with Crippen LogP contribution in [0.5, 0.6) is 5.88 Å². The van der Waals surface area contributed by atoms with Crippen molar-refractivity contribution >= 4 is 17.5 Å². The molecule has 1 saturated heterocycles. The Morgan fingerprint density at radius 1 is 1.35 bits per heavy atom. The molecule has 1 N–H and O–H groups in total. The first-order valence-electron chi connectivity index (χ1n) is 8.20. The summed E-state index contributed by atoms with van der Waals surface area (Å²) in [5, 5.41) is 2.63. The summed E-state index contributed by atoms with van der Waals surface area (Å²) in [5.74, 6) is -0.630. The van der Waals surface area contributed by atoms with Crippen LogP contribution in [-0.2, 0) is 9.53 Å². The van der Waals surface area contributed by atoms with Gasteiger partial charge >= 0.3 is 0 Å². The van der Waals surface area contributed by atoms with Crippen molar-refractivity contribution in [2.45, 2.75) is 6.10 Å². The van der Waals surface area contributed by atoms with Crippen molar-refractivity contribution in [2.24, 2.45) is 0 Å². The van der Waals surface area contributed by atoms with E-state index in [4.69, 9.17) is 9.47 Å².